The number of halogens is 1. The summed E-state index contributed by atoms with van der Waals surface area (Å²) in [6, 6.07) is 0.612. The monoisotopic (exact) mass is 341 g/mol. The third-order valence-corrected chi connectivity index (χ3v) is 7.16. The molecule has 3 atom stereocenters. The number of nitrogens with one attached hydrogen (secondary N) is 1. The van der Waals surface area contributed by atoms with Crippen molar-refractivity contribution in [2.24, 2.45) is 16.7 Å². The lowest BCUT2D eigenvalue weighted by Crippen LogP contribution is -2.44. The van der Waals surface area contributed by atoms with Gasteiger partial charge in [0.2, 0.25) is 0 Å². The fourth-order valence-electron chi connectivity index (χ4n) is 5.04. The van der Waals surface area contributed by atoms with E-state index in [0.29, 0.717) is 23.4 Å². The van der Waals surface area contributed by atoms with Crippen LogP contribution in [-0.2, 0) is 13.1 Å². The Hall–Kier alpha value is -0.580. The van der Waals surface area contributed by atoms with Gasteiger partial charge in [0.25, 0.3) is 0 Å². The molecule has 23 heavy (non-hydrogen) atoms. The maximum atomic E-state index is 9.13. The van der Waals surface area contributed by atoms with E-state index < -0.39 is 0 Å². The summed E-state index contributed by atoms with van der Waals surface area (Å²) in [5, 5.41) is 17.5. The van der Waals surface area contributed by atoms with Crippen LogP contribution in [0.15, 0.2) is 0 Å². The van der Waals surface area contributed by atoms with Gasteiger partial charge in [-0.2, -0.15) is 5.10 Å². The van der Waals surface area contributed by atoms with Crippen molar-refractivity contribution in [1.29, 1.82) is 0 Å². The number of fused-ring (bicyclic) bond motifs is 2. The first kappa shape index (κ1) is 18.8. The molecule has 0 aromatic carbocycles. The molecule has 0 saturated heterocycles. The number of aliphatic hydroxyl groups excluding tert-OH is 1. The van der Waals surface area contributed by atoms with Crippen molar-refractivity contribution in [3.05, 3.63) is 17.0 Å². The molecular weight excluding hydrogens is 310 g/mol. The van der Waals surface area contributed by atoms with Gasteiger partial charge in [0, 0.05) is 23.8 Å². The van der Waals surface area contributed by atoms with Gasteiger partial charge in [-0.15, -0.1) is 12.4 Å². The standard InChI is InChI=1S/C18H31N3O.ClH/c1-12-15(13(2)21(20-12)8-9-22)11-19-16-10-14-6-7-18(16,5)17(14,3)4;/h14,16,19,22H,6-11H2,1-5H3;1H. The molecule has 2 aliphatic rings. The van der Waals surface area contributed by atoms with E-state index in [9.17, 15) is 0 Å². The zero-order chi connectivity index (χ0) is 16.1. The molecule has 0 spiro atoms. The third-order valence-electron chi connectivity index (χ3n) is 7.16. The molecule has 5 heteroatoms. The molecule has 0 aliphatic heterocycles. The first-order valence-electron chi connectivity index (χ1n) is 8.68. The Kier molecular flexibility index (Phi) is 5.20. The topological polar surface area (TPSA) is 50.1 Å². The first-order chi connectivity index (χ1) is 10.3. The lowest BCUT2D eigenvalue weighted by Gasteiger charge is -2.39. The van der Waals surface area contributed by atoms with Gasteiger partial charge in [-0.05, 0) is 49.9 Å². The van der Waals surface area contributed by atoms with Crippen LogP contribution in [0.5, 0.6) is 0 Å². The van der Waals surface area contributed by atoms with Crippen LogP contribution >= 0.6 is 12.4 Å². The zero-order valence-electron chi connectivity index (χ0n) is 15.1. The number of rotatable bonds is 5. The molecule has 3 unspecified atom stereocenters. The second-order valence-corrected chi connectivity index (χ2v) is 8.14. The van der Waals surface area contributed by atoms with Crippen LogP contribution in [0.4, 0.5) is 0 Å². The summed E-state index contributed by atoms with van der Waals surface area (Å²) in [5.74, 6) is 0.870. The Balaban J connectivity index is 0.00000192. The van der Waals surface area contributed by atoms with E-state index in [0.717, 1.165) is 18.2 Å². The van der Waals surface area contributed by atoms with Crippen LogP contribution in [0.2, 0.25) is 0 Å². The summed E-state index contributed by atoms with van der Waals surface area (Å²) in [7, 11) is 0. The number of hydrogen-bond donors (Lipinski definition) is 2. The molecule has 1 aromatic heterocycles. The minimum absolute atomic E-state index is 0. The highest BCUT2D eigenvalue weighted by atomic mass is 35.5. The number of hydrogen-bond acceptors (Lipinski definition) is 3. The molecule has 2 saturated carbocycles. The van der Waals surface area contributed by atoms with Gasteiger partial charge in [-0.25, -0.2) is 0 Å². The van der Waals surface area contributed by atoms with Crippen LogP contribution in [0.3, 0.4) is 0 Å². The van der Waals surface area contributed by atoms with E-state index >= 15 is 0 Å². The Morgan fingerprint density at radius 1 is 1.30 bits per heavy atom. The highest BCUT2D eigenvalue weighted by Gasteiger charge is 2.60. The van der Waals surface area contributed by atoms with Crippen molar-refractivity contribution >= 4 is 12.4 Å². The molecule has 2 N–H and O–H groups in total. The molecule has 1 heterocycles. The molecule has 132 valence electrons. The van der Waals surface area contributed by atoms with Crippen molar-refractivity contribution in [1.82, 2.24) is 15.1 Å². The Morgan fingerprint density at radius 2 is 2.00 bits per heavy atom. The molecule has 2 aliphatic carbocycles. The Labute approximate surface area is 146 Å². The van der Waals surface area contributed by atoms with Gasteiger partial charge in [0.15, 0.2) is 0 Å². The average molecular weight is 342 g/mol. The summed E-state index contributed by atoms with van der Waals surface area (Å²) >= 11 is 0. The maximum absolute atomic E-state index is 9.13. The highest BCUT2D eigenvalue weighted by molar-refractivity contribution is 5.85. The molecule has 2 bridgehead atoms. The summed E-state index contributed by atoms with van der Waals surface area (Å²) in [5.41, 5.74) is 4.45. The molecule has 2 fully saturated rings. The molecule has 3 rings (SSSR count). The van der Waals surface area contributed by atoms with E-state index in [1.165, 1.54) is 30.5 Å². The fraction of sp³-hybridized carbons (Fsp3) is 0.833. The number of nitrogens with zero attached hydrogens (tertiary/aromatic N) is 2. The molecule has 1 aromatic rings. The predicted octanol–water partition coefficient (Wildman–Crippen LogP) is 3.22. The van der Waals surface area contributed by atoms with E-state index in [-0.39, 0.29) is 19.0 Å². The van der Waals surface area contributed by atoms with Crippen LogP contribution < -0.4 is 5.32 Å². The second kappa shape index (κ2) is 6.38. The summed E-state index contributed by atoms with van der Waals surface area (Å²) in [6.45, 7) is 13.2. The predicted molar refractivity (Wildman–Crippen MR) is 95.9 cm³/mol. The normalized spacial score (nSPS) is 31.4. The summed E-state index contributed by atoms with van der Waals surface area (Å²) < 4.78 is 1.93. The highest BCUT2D eigenvalue weighted by Crippen LogP contribution is 2.65. The average Bonchev–Trinajstić information content (AvgIpc) is 2.92. The summed E-state index contributed by atoms with van der Waals surface area (Å²) in [4.78, 5) is 0. The van der Waals surface area contributed by atoms with Gasteiger partial charge in [0.1, 0.15) is 0 Å². The van der Waals surface area contributed by atoms with Crippen LogP contribution in [-0.4, -0.2) is 27.5 Å². The SMILES string of the molecule is Cc1nn(CCO)c(C)c1CNC1CC2CCC1(C)C2(C)C.Cl. The lowest BCUT2D eigenvalue weighted by molar-refractivity contribution is 0.120. The van der Waals surface area contributed by atoms with Gasteiger partial charge < -0.3 is 10.4 Å². The number of aryl methyl sites for hydroxylation is 1. The van der Waals surface area contributed by atoms with Crippen molar-refractivity contribution in [2.45, 2.75) is 73.0 Å². The first-order valence-corrected chi connectivity index (χ1v) is 8.68. The van der Waals surface area contributed by atoms with E-state index in [2.05, 4.69) is 45.0 Å². The molecular formula is C18H32ClN3O. The lowest BCUT2D eigenvalue weighted by atomic mass is 9.69. The van der Waals surface area contributed by atoms with E-state index in [4.69, 9.17) is 5.11 Å². The smallest absolute Gasteiger partial charge is 0.0644 e. The van der Waals surface area contributed by atoms with Crippen LogP contribution in [0.25, 0.3) is 0 Å². The van der Waals surface area contributed by atoms with Gasteiger partial charge >= 0.3 is 0 Å². The Bertz CT molecular complexity index is 569. The van der Waals surface area contributed by atoms with Gasteiger partial charge in [-0.1, -0.05) is 20.8 Å². The van der Waals surface area contributed by atoms with E-state index in [1.807, 2.05) is 4.68 Å². The summed E-state index contributed by atoms with van der Waals surface area (Å²) in [6.07, 6.45) is 4.06. The van der Waals surface area contributed by atoms with Crippen LogP contribution in [0, 0.1) is 30.6 Å². The molecule has 0 amide bonds. The van der Waals surface area contributed by atoms with Crippen molar-refractivity contribution in [3.63, 3.8) is 0 Å². The van der Waals surface area contributed by atoms with Crippen molar-refractivity contribution in [3.8, 4) is 0 Å². The maximum Gasteiger partial charge on any atom is 0.0644 e. The minimum Gasteiger partial charge on any atom is -0.394 e. The van der Waals surface area contributed by atoms with E-state index in [1.54, 1.807) is 0 Å². The molecule has 4 nitrogen and oxygen atoms in total. The molecule has 0 radical (unpaired) electrons. The quantitative estimate of drug-likeness (QED) is 0.864. The van der Waals surface area contributed by atoms with Crippen LogP contribution in [0.1, 0.15) is 57.0 Å². The number of aliphatic hydroxyl groups is 1. The minimum atomic E-state index is 0. The van der Waals surface area contributed by atoms with Gasteiger partial charge in [0.05, 0.1) is 18.8 Å². The fourth-order valence-corrected chi connectivity index (χ4v) is 5.04. The zero-order valence-corrected chi connectivity index (χ0v) is 16.0. The van der Waals surface area contributed by atoms with Crippen molar-refractivity contribution < 1.29 is 5.11 Å². The largest absolute Gasteiger partial charge is 0.394 e. The van der Waals surface area contributed by atoms with Crippen molar-refractivity contribution in [2.75, 3.05) is 6.61 Å². The third kappa shape index (κ3) is 2.73. The van der Waals surface area contributed by atoms with Gasteiger partial charge in [-0.3, -0.25) is 4.68 Å². The second-order valence-electron chi connectivity index (χ2n) is 8.14. The Morgan fingerprint density at radius 3 is 2.52 bits per heavy atom. The number of aromatic nitrogens is 2.